The molecule has 0 unspecified atom stereocenters. The van der Waals surface area contributed by atoms with E-state index >= 15 is 0 Å². The molecular formula is C23H26F3N5O3. The van der Waals surface area contributed by atoms with E-state index in [4.69, 9.17) is 10.5 Å². The molecule has 0 saturated carbocycles. The molecule has 0 bridgehead atoms. The van der Waals surface area contributed by atoms with Gasteiger partial charge in [-0.05, 0) is 31.9 Å². The molecule has 1 aromatic heterocycles. The molecule has 0 radical (unpaired) electrons. The number of alkyl halides is 3. The van der Waals surface area contributed by atoms with E-state index in [1.807, 2.05) is 0 Å². The van der Waals surface area contributed by atoms with E-state index in [2.05, 4.69) is 15.7 Å². The zero-order valence-corrected chi connectivity index (χ0v) is 18.8. The van der Waals surface area contributed by atoms with Gasteiger partial charge in [-0.3, -0.25) is 9.59 Å². The molecule has 4 N–H and O–H groups in total. The zero-order chi connectivity index (χ0) is 24.9. The molecule has 11 heteroatoms. The number of rotatable bonds is 8. The number of nitrogens with zero attached hydrogens (tertiary/aromatic N) is 2. The third-order valence-electron chi connectivity index (χ3n) is 5.25. The number of benzene rings is 1. The zero-order valence-electron chi connectivity index (χ0n) is 18.8. The molecule has 1 heterocycles. The van der Waals surface area contributed by atoms with Crippen molar-refractivity contribution in [3.05, 3.63) is 65.0 Å². The van der Waals surface area contributed by atoms with Crippen LogP contribution in [-0.2, 0) is 17.5 Å². The van der Waals surface area contributed by atoms with Crippen LogP contribution in [0.25, 0.3) is 5.70 Å². The standard InChI is InChI=1S/C23H26F3N5O3/c1-14(27)21(32)28-12-15-7-9-17(10-8-15)31-18(11-20(30-31)23(24,25)26)22(33)29-13-16-5-3-4-6-19(16)34-2/h3-7,9,11,14H,8,10,12-13,27H2,1-2H3,(H,28,32)(H,29,33)/t14-/m0/s1. The van der Waals surface area contributed by atoms with Crippen molar-refractivity contribution in [2.45, 2.75) is 38.5 Å². The Kier molecular flexibility index (Phi) is 7.77. The Morgan fingerprint density at radius 2 is 1.91 bits per heavy atom. The summed E-state index contributed by atoms with van der Waals surface area (Å²) in [4.78, 5) is 24.5. The predicted molar refractivity (Wildman–Crippen MR) is 120 cm³/mol. The highest BCUT2D eigenvalue weighted by molar-refractivity contribution is 5.94. The van der Waals surface area contributed by atoms with Crippen LogP contribution in [0.5, 0.6) is 5.75 Å². The van der Waals surface area contributed by atoms with Gasteiger partial charge in [-0.1, -0.05) is 29.8 Å². The van der Waals surface area contributed by atoms with Gasteiger partial charge in [-0.15, -0.1) is 0 Å². The van der Waals surface area contributed by atoms with Crippen molar-refractivity contribution in [2.24, 2.45) is 5.73 Å². The molecule has 0 fully saturated rings. The average Bonchev–Trinajstić information content (AvgIpc) is 3.27. The van der Waals surface area contributed by atoms with Gasteiger partial charge in [-0.25, -0.2) is 4.68 Å². The topological polar surface area (TPSA) is 111 Å². The van der Waals surface area contributed by atoms with Crippen LogP contribution < -0.4 is 21.1 Å². The maximum atomic E-state index is 13.4. The lowest BCUT2D eigenvalue weighted by Crippen LogP contribution is -2.39. The minimum Gasteiger partial charge on any atom is -0.496 e. The molecule has 0 aliphatic heterocycles. The summed E-state index contributed by atoms with van der Waals surface area (Å²) < 4.78 is 46.3. The second kappa shape index (κ2) is 10.6. The summed E-state index contributed by atoms with van der Waals surface area (Å²) in [6.45, 7) is 1.92. The van der Waals surface area contributed by atoms with Gasteiger partial charge in [0.1, 0.15) is 11.4 Å². The summed E-state index contributed by atoms with van der Waals surface area (Å²) >= 11 is 0. The lowest BCUT2D eigenvalue weighted by atomic mass is 10.0. The summed E-state index contributed by atoms with van der Waals surface area (Å²) in [5.74, 6) is -0.448. The number of methoxy groups -OCH3 is 1. The minimum absolute atomic E-state index is 0.0672. The first-order valence-electron chi connectivity index (χ1n) is 10.6. The van der Waals surface area contributed by atoms with Gasteiger partial charge < -0.3 is 21.1 Å². The largest absolute Gasteiger partial charge is 0.496 e. The highest BCUT2D eigenvalue weighted by atomic mass is 19.4. The number of nitrogens with two attached hydrogens (primary N) is 1. The van der Waals surface area contributed by atoms with Crippen molar-refractivity contribution >= 4 is 17.5 Å². The number of aromatic nitrogens is 2. The molecule has 1 atom stereocenters. The highest BCUT2D eigenvalue weighted by Gasteiger charge is 2.36. The lowest BCUT2D eigenvalue weighted by Gasteiger charge is -2.18. The molecule has 3 rings (SSSR count). The Morgan fingerprint density at radius 1 is 1.18 bits per heavy atom. The molecular weight excluding hydrogens is 451 g/mol. The number of hydrogen-bond acceptors (Lipinski definition) is 5. The van der Waals surface area contributed by atoms with E-state index in [1.165, 1.54) is 7.11 Å². The lowest BCUT2D eigenvalue weighted by molar-refractivity contribution is -0.141. The Bertz CT molecular complexity index is 1120. The number of nitrogens with one attached hydrogen (secondary N) is 2. The second-order valence-corrected chi connectivity index (χ2v) is 7.81. The number of para-hydroxylation sites is 1. The Balaban J connectivity index is 1.81. The summed E-state index contributed by atoms with van der Waals surface area (Å²) in [5.41, 5.74) is 6.12. The average molecular weight is 477 g/mol. The van der Waals surface area contributed by atoms with Crippen LogP contribution in [0.2, 0.25) is 0 Å². The third kappa shape index (κ3) is 6.04. The van der Waals surface area contributed by atoms with E-state index in [9.17, 15) is 22.8 Å². The number of carbonyl (C=O) groups excluding carboxylic acids is 2. The van der Waals surface area contributed by atoms with Crippen molar-refractivity contribution < 1.29 is 27.5 Å². The number of hydrogen-bond donors (Lipinski definition) is 3. The number of halogens is 3. The van der Waals surface area contributed by atoms with E-state index in [0.29, 0.717) is 29.9 Å². The first-order chi connectivity index (χ1) is 16.1. The van der Waals surface area contributed by atoms with Crippen LogP contribution in [0.1, 0.15) is 41.5 Å². The van der Waals surface area contributed by atoms with Crippen LogP contribution in [0.4, 0.5) is 13.2 Å². The van der Waals surface area contributed by atoms with Crippen molar-refractivity contribution in [1.82, 2.24) is 20.4 Å². The first kappa shape index (κ1) is 25.0. The normalized spacial score (nSPS) is 14.6. The maximum absolute atomic E-state index is 13.4. The fraction of sp³-hybridized carbons (Fsp3) is 0.348. The third-order valence-corrected chi connectivity index (χ3v) is 5.25. The summed E-state index contributed by atoms with van der Waals surface area (Å²) in [6, 6.07) is 7.11. The molecule has 8 nitrogen and oxygen atoms in total. The maximum Gasteiger partial charge on any atom is 0.435 e. The summed E-state index contributed by atoms with van der Waals surface area (Å²) in [5, 5.41) is 8.99. The van der Waals surface area contributed by atoms with Crippen molar-refractivity contribution in [2.75, 3.05) is 13.7 Å². The van der Waals surface area contributed by atoms with E-state index in [1.54, 1.807) is 43.3 Å². The van der Waals surface area contributed by atoms with Crippen LogP contribution in [0, 0.1) is 0 Å². The summed E-state index contributed by atoms with van der Waals surface area (Å²) in [6.07, 6.45) is -0.588. The quantitative estimate of drug-likeness (QED) is 0.542. The van der Waals surface area contributed by atoms with Gasteiger partial charge in [0.25, 0.3) is 5.91 Å². The van der Waals surface area contributed by atoms with Crippen LogP contribution in [0.15, 0.2) is 48.1 Å². The van der Waals surface area contributed by atoms with Crippen LogP contribution >= 0.6 is 0 Å². The first-order valence-corrected chi connectivity index (χ1v) is 10.6. The minimum atomic E-state index is -4.71. The molecule has 1 aliphatic carbocycles. The molecule has 182 valence electrons. The predicted octanol–water partition coefficient (Wildman–Crippen LogP) is 2.87. The molecule has 2 amide bonds. The molecule has 0 saturated heterocycles. The molecule has 2 aromatic rings. The fourth-order valence-electron chi connectivity index (χ4n) is 3.37. The van der Waals surface area contributed by atoms with Gasteiger partial charge in [0.05, 0.1) is 13.2 Å². The van der Waals surface area contributed by atoms with E-state index in [0.717, 1.165) is 16.3 Å². The van der Waals surface area contributed by atoms with Gasteiger partial charge in [0, 0.05) is 30.4 Å². The van der Waals surface area contributed by atoms with Crippen LogP contribution in [0.3, 0.4) is 0 Å². The molecule has 1 aliphatic rings. The second-order valence-electron chi connectivity index (χ2n) is 7.81. The Morgan fingerprint density at radius 3 is 2.53 bits per heavy atom. The van der Waals surface area contributed by atoms with Gasteiger partial charge >= 0.3 is 6.18 Å². The number of carbonyl (C=O) groups is 2. The molecule has 0 spiro atoms. The highest BCUT2D eigenvalue weighted by Crippen LogP contribution is 2.31. The van der Waals surface area contributed by atoms with Gasteiger partial charge in [-0.2, -0.15) is 18.3 Å². The van der Waals surface area contributed by atoms with Gasteiger partial charge in [0.15, 0.2) is 5.69 Å². The number of amides is 2. The Labute approximate surface area is 194 Å². The number of allylic oxidation sites excluding steroid dienone is 3. The van der Waals surface area contributed by atoms with Gasteiger partial charge in [0.2, 0.25) is 5.91 Å². The molecule has 34 heavy (non-hydrogen) atoms. The smallest absolute Gasteiger partial charge is 0.435 e. The fourth-order valence-corrected chi connectivity index (χ4v) is 3.37. The van der Waals surface area contributed by atoms with Crippen molar-refractivity contribution in [3.63, 3.8) is 0 Å². The number of ether oxygens (including phenoxy) is 1. The van der Waals surface area contributed by atoms with Crippen molar-refractivity contribution in [1.29, 1.82) is 0 Å². The monoisotopic (exact) mass is 477 g/mol. The SMILES string of the molecule is COc1ccccc1CNC(=O)c1cc(C(F)(F)F)nn1C1=CC=C(CNC(=O)[C@H](C)N)CC1. The van der Waals surface area contributed by atoms with Crippen LogP contribution in [-0.4, -0.2) is 41.3 Å². The Hall–Kier alpha value is -3.60. The van der Waals surface area contributed by atoms with E-state index < -0.39 is 23.8 Å². The van der Waals surface area contributed by atoms with Crippen molar-refractivity contribution in [3.8, 4) is 5.75 Å². The van der Waals surface area contributed by atoms with E-state index in [-0.39, 0.29) is 24.7 Å². The summed E-state index contributed by atoms with van der Waals surface area (Å²) in [7, 11) is 1.49. The molecule has 1 aromatic carbocycles.